The smallest absolute Gasteiger partial charge is 0.408 e. The maximum Gasteiger partial charge on any atom is 0.408 e. The van der Waals surface area contributed by atoms with Crippen molar-refractivity contribution >= 4 is 42.7 Å². The molecule has 236 valence electrons. The minimum atomic E-state index is -1.12. The molecule has 2 saturated heterocycles. The summed E-state index contributed by atoms with van der Waals surface area (Å²) in [4.78, 5) is 43.9. The van der Waals surface area contributed by atoms with Crippen LogP contribution in [0, 0.1) is 17.8 Å². The number of aromatic nitrogens is 1. The quantitative estimate of drug-likeness (QED) is 0.278. The molecule has 2 radical (unpaired) electrons. The Kier molecular flexibility index (Phi) is 10.6. The molecule has 0 saturated carbocycles. The number of nitrogens with zero attached hydrogens (tertiary/aromatic N) is 1. The predicted molar refractivity (Wildman–Crippen MR) is 171 cm³/mol. The number of benzene rings is 1. The molecule has 3 heterocycles. The summed E-state index contributed by atoms with van der Waals surface area (Å²) < 4.78 is 18.1. The number of alkyl carbamates (subject to hydrolysis) is 1. The zero-order valence-electron chi connectivity index (χ0n) is 27.0. The molecule has 10 heteroatoms. The van der Waals surface area contributed by atoms with Gasteiger partial charge in [0.1, 0.15) is 17.8 Å². The molecular formula is C34H46BN3O6. The number of nitrogens with one attached hydrogen (secondary N) is 2. The molecule has 2 fully saturated rings. The summed E-state index contributed by atoms with van der Waals surface area (Å²) in [5.74, 6) is -3.32. The van der Waals surface area contributed by atoms with Gasteiger partial charge in [0.2, 0.25) is 0 Å². The normalized spacial score (nSPS) is 35.8. The number of hydrogen-bond donors (Lipinski definition) is 2. The van der Waals surface area contributed by atoms with Gasteiger partial charge in [-0.3, -0.25) is 14.6 Å². The third kappa shape index (κ3) is 7.18. The minimum absolute atomic E-state index is 0.0937. The number of fused-ring (bicyclic) bond motifs is 2. The summed E-state index contributed by atoms with van der Waals surface area (Å²) >= 11 is 0. The molecule has 2 aliphatic rings. The molecule has 9 atom stereocenters. The van der Waals surface area contributed by atoms with Crippen molar-refractivity contribution in [3.8, 4) is 0 Å². The number of ketones is 1. The maximum atomic E-state index is 13.6. The van der Waals surface area contributed by atoms with E-state index in [1.54, 1.807) is 20.8 Å². The van der Waals surface area contributed by atoms with Gasteiger partial charge in [0, 0.05) is 23.5 Å². The fraction of sp³-hybridized carbons (Fsp3) is 0.588. The van der Waals surface area contributed by atoms with Crippen LogP contribution in [-0.4, -0.2) is 73.2 Å². The van der Waals surface area contributed by atoms with E-state index in [2.05, 4.69) is 28.6 Å². The number of ether oxygens (including phenoxy) is 3. The molecular weight excluding hydrogens is 557 g/mol. The maximum absolute atomic E-state index is 13.6. The molecule has 0 aliphatic carbocycles. The van der Waals surface area contributed by atoms with Crippen molar-refractivity contribution in [1.29, 1.82) is 0 Å². The van der Waals surface area contributed by atoms with Crippen LogP contribution in [0.5, 0.6) is 0 Å². The lowest BCUT2D eigenvalue weighted by Gasteiger charge is -2.41. The van der Waals surface area contributed by atoms with Gasteiger partial charge in [-0.1, -0.05) is 51.1 Å². The Morgan fingerprint density at radius 1 is 1.14 bits per heavy atom. The number of hydrogen-bond acceptors (Lipinski definition) is 8. The second kappa shape index (κ2) is 13.8. The first-order chi connectivity index (χ1) is 20.8. The molecule has 2 aliphatic heterocycles. The fourth-order valence-corrected chi connectivity index (χ4v) is 6.68. The Morgan fingerprint density at radius 2 is 1.86 bits per heavy atom. The number of Topliss-reactive ketones (excluding diaryl/α,β-unsaturated/α-hetero) is 1. The SMILES string of the molecule is [B][C@@H]1[C@@H](C)C(=O)C(C)C(=O)O[C@H](CC)[C@@]2(C)OC(=O)N[C@@H]2[C@@H](C)NC[C@H](C)C[C@@]1(C)OC/C=C/c1cnc2ccccc2c1. The molecule has 2 N–H and O–H groups in total. The topological polar surface area (TPSA) is 116 Å². The summed E-state index contributed by atoms with van der Waals surface area (Å²) in [6.07, 6.45) is 5.35. The van der Waals surface area contributed by atoms with Gasteiger partial charge in [-0.15, -0.1) is 0 Å². The first-order valence-electron chi connectivity index (χ1n) is 15.7. The van der Waals surface area contributed by atoms with E-state index in [-0.39, 0.29) is 24.3 Å². The van der Waals surface area contributed by atoms with Crippen LogP contribution in [0.2, 0.25) is 5.82 Å². The van der Waals surface area contributed by atoms with E-state index >= 15 is 0 Å². The summed E-state index contributed by atoms with van der Waals surface area (Å²) in [7, 11) is 6.83. The third-order valence-corrected chi connectivity index (χ3v) is 9.42. The lowest BCUT2D eigenvalue weighted by Crippen LogP contribution is -2.60. The molecule has 0 bridgehead atoms. The lowest BCUT2D eigenvalue weighted by atomic mass is 9.62. The summed E-state index contributed by atoms with van der Waals surface area (Å²) in [5, 5.41) is 7.49. The van der Waals surface area contributed by atoms with Gasteiger partial charge < -0.3 is 24.8 Å². The Hall–Kier alpha value is -3.24. The number of esters is 1. The zero-order chi connectivity index (χ0) is 32.2. The standard InChI is InChI=1S/C34H46BN3O6/c1-8-27-34(7)30(38-32(41)44-34)23(5)36-18-20(2)17-33(6,29(35)21(3)28(39)22(4)31(40)43-27)42-15-11-12-24-16-25-13-9-10-14-26(25)37-19-24/h9-14,16,19-23,27,29-30,36H,8,15,17-18H2,1-7H3,(H,38,41)/b12-11+/t20-,21+,22?,23-,27-,29-,30-,33-,34-/m1/s1. The van der Waals surface area contributed by atoms with E-state index in [9.17, 15) is 14.4 Å². The van der Waals surface area contributed by atoms with Crippen LogP contribution in [-0.2, 0) is 23.8 Å². The second-order valence-electron chi connectivity index (χ2n) is 13.0. The number of pyridine rings is 1. The van der Waals surface area contributed by atoms with Crippen LogP contribution in [0.25, 0.3) is 17.0 Å². The average molecular weight is 604 g/mol. The van der Waals surface area contributed by atoms with Gasteiger partial charge in [0.05, 0.1) is 31.6 Å². The number of carbonyl (C=O) groups excluding carboxylic acids is 3. The third-order valence-electron chi connectivity index (χ3n) is 9.42. The van der Waals surface area contributed by atoms with Crippen molar-refractivity contribution in [2.24, 2.45) is 17.8 Å². The van der Waals surface area contributed by atoms with Crippen molar-refractivity contribution in [3.05, 3.63) is 48.2 Å². The van der Waals surface area contributed by atoms with Crippen LogP contribution in [0.1, 0.15) is 66.9 Å². The van der Waals surface area contributed by atoms with Crippen molar-refractivity contribution < 1.29 is 28.6 Å². The van der Waals surface area contributed by atoms with E-state index in [0.717, 1.165) is 16.5 Å². The van der Waals surface area contributed by atoms with Crippen LogP contribution in [0.4, 0.5) is 4.79 Å². The Balaban J connectivity index is 1.57. The van der Waals surface area contributed by atoms with Crippen LogP contribution in [0.3, 0.4) is 0 Å². The Labute approximate surface area is 262 Å². The number of cyclic esters (lactones) is 1. The zero-order valence-corrected chi connectivity index (χ0v) is 27.0. The van der Waals surface area contributed by atoms with E-state index in [1.165, 1.54) is 0 Å². The van der Waals surface area contributed by atoms with Gasteiger partial charge in [-0.2, -0.15) is 0 Å². The van der Waals surface area contributed by atoms with E-state index in [4.69, 9.17) is 22.1 Å². The first kappa shape index (κ1) is 33.7. The number of para-hydroxylation sites is 1. The minimum Gasteiger partial charge on any atom is -0.458 e. The van der Waals surface area contributed by atoms with Crippen LogP contribution < -0.4 is 10.6 Å². The van der Waals surface area contributed by atoms with Gasteiger partial charge >= 0.3 is 12.1 Å². The molecule has 4 rings (SSSR count). The van der Waals surface area contributed by atoms with Crippen molar-refractivity contribution in [1.82, 2.24) is 15.6 Å². The largest absolute Gasteiger partial charge is 0.458 e. The number of rotatable bonds is 5. The summed E-state index contributed by atoms with van der Waals surface area (Å²) in [6, 6.07) is 9.34. The van der Waals surface area contributed by atoms with Crippen molar-refractivity contribution in [2.75, 3.05) is 13.2 Å². The second-order valence-corrected chi connectivity index (χ2v) is 13.0. The molecule has 1 aromatic heterocycles. The molecule has 9 nitrogen and oxygen atoms in total. The summed E-state index contributed by atoms with van der Waals surface area (Å²) in [5.41, 5.74) is -0.125. The molecule has 1 amide bonds. The lowest BCUT2D eigenvalue weighted by molar-refractivity contribution is -0.169. The fourth-order valence-electron chi connectivity index (χ4n) is 6.68. The van der Waals surface area contributed by atoms with Gasteiger partial charge in [-0.25, -0.2) is 4.79 Å². The van der Waals surface area contributed by atoms with Crippen molar-refractivity contribution in [2.45, 2.75) is 96.5 Å². The number of amides is 1. The van der Waals surface area contributed by atoms with E-state index in [0.29, 0.717) is 19.4 Å². The van der Waals surface area contributed by atoms with Crippen LogP contribution in [0.15, 0.2) is 42.6 Å². The highest BCUT2D eigenvalue weighted by molar-refractivity contribution is 6.15. The highest BCUT2D eigenvalue weighted by Gasteiger charge is 2.54. The molecule has 44 heavy (non-hydrogen) atoms. The molecule has 0 spiro atoms. The van der Waals surface area contributed by atoms with Gasteiger partial charge in [0.25, 0.3) is 0 Å². The highest BCUT2D eigenvalue weighted by Crippen LogP contribution is 2.39. The monoisotopic (exact) mass is 603 g/mol. The van der Waals surface area contributed by atoms with Crippen LogP contribution >= 0.6 is 0 Å². The first-order valence-corrected chi connectivity index (χ1v) is 15.7. The average Bonchev–Trinajstić information content (AvgIpc) is 3.32. The van der Waals surface area contributed by atoms with Gasteiger partial charge in [-0.05, 0) is 76.5 Å². The van der Waals surface area contributed by atoms with Crippen molar-refractivity contribution in [3.63, 3.8) is 0 Å². The highest BCUT2D eigenvalue weighted by atomic mass is 16.6. The Morgan fingerprint density at radius 3 is 2.59 bits per heavy atom. The predicted octanol–water partition coefficient (Wildman–Crippen LogP) is 5.03. The number of carbonyl (C=O) groups is 3. The summed E-state index contributed by atoms with van der Waals surface area (Å²) in [6.45, 7) is 13.8. The molecule has 2 aromatic rings. The van der Waals surface area contributed by atoms with E-state index in [1.807, 2.05) is 63.4 Å². The molecule has 1 unspecified atom stereocenters. The Bertz CT molecular complexity index is 1390. The van der Waals surface area contributed by atoms with Gasteiger partial charge in [0.15, 0.2) is 5.60 Å². The van der Waals surface area contributed by atoms with E-state index < -0.39 is 53.1 Å². The molecule has 1 aromatic carbocycles.